The van der Waals surface area contributed by atoms with E-state index in [9.17, 15) is 18.0 Å². The number of pyridine rings is 1. The zero-order valence-electron chi connectivity index (χ0n) is 15.4. The van der Waals surface area contributed by atoms with E-state index in [0.717, 1.165) is 6.07 Å². The maximum atomic E-state index is 12.9. The molecule has 0 aromatic carbocycles. The molecule has 0 aliphatic carbocycles. The van der Waals surface area contributed by atoms with E-state index >= 15 is 0 Å². The molecular weight excluding hydrogens is 348 g/mol. The van der Waals surface area contributed by atoms with Crippen LogP contribution >= 0.6 is 0 Å². The topological polar surface area (TPSA) is 60.5 Å². The molecule has 26 heavy (non-hydrogen) atoms. The van der Waals surface area contributed by atoms with Crippen molar-refractivity contribution in [2.45, 2.75) is 52.0 Å². The van der Waals surface area contributed by atoms with Gasteiger partial charge in [0.25, 0.3) is 0 Å². The molecule has 0 unspecified atom stereocenters. The van der Waals surface area contributed by atoms with Gasteiger partial charge < -0.3 is 14.6 Å². The summed E-state index contributed by atoms with van der Waals surface area (Å²) >= 11 is 0. The van der Waals surface area contributed by atoms with Crippen LogP contribution in [0.15, 0.2) is 23.7 Å². The first kappa shape index (κ1) is 20.4. The van der Waals surface area contributed by atoms with Crippen molar-refractivity contribution in [1.29, 1.82) is 0 Å². The van der Waals surface area contributed by atoms with Crippen molar-refractivity contribution < 1.29 is 27.3 Å². The number of aromatic nitrogens is 1. The molecule has 9 heteroatoms. The fraction of sp³-hybridized carbons (Fsp3) is 0.529. The molecule has 0 atom stereocenters. The average Bonchev–Trinajstić information content (AvgIpc) is 2.71. The Morgan fingerprint density at radius 2 is 1.81 bits per heavy atom. The molecular formula is C17H22BF3N2O3. The average molecular weight is 370 g/mol. The lowest BCUT2D eigenvalue weighted by Gasteiger charge is -2.32. The molecule has 1 fully saturated rings. The lowest BCUT2D eigenvalue weighted by Crippen LogP contribution is -2.41. The number of nitrogens with zero attached hydrogens (tertiary/aromatic N) is 1. The Bertz CT molecular complexity index is 701. The number of carbonyl (C=O) groups is 1. The van der Waals surface area contributed by atoms with E-state index < -0.39 is 30.2 Å². The highest BCUT2D eigenvalue weighted by Crippen LogP contribution is 2.38. The molecule has 2 rings (SSSR count). The van der Waals surface area contributed by atoms with Gasteiger partial charge in [-0.25, -0.2) is 4.98 Å². The Hall–Kier alpha value is -1.87. The molecule has 1 saturated heterocycles. The molecule has 1 amide bonds. The minimum Gasteiger partial charge on any atom is -0.400 e. The summed E-state index contributed by atoms with van der Waals surface area (Å²) in [6.45, 7) is 8.89. The summed E-state index contributed by atoms with van der Waals surface area (Å²) in [7, 11) is -0.803. The van der Waals surface area contributed by atoms with E-state index in [4.69, 9.17) is 9.31 Å². The second kappa shape index (κ2) is 7.04. The minimum absolute atomic E-state index is 0.0735. The summed E-state index contributed by atoms with van der Waals surface area (Å²) in [6, 6.07) is 3.63. The molecule has 1 aromatic rings. The van der Waals surface area contributed by atoms with Crippen LogP contribution in [-0.2, 0) is 20.3 Å². The van der Waals surface area contributed by atoms with Crippen LogP contribution in [0, 0.1) is 0 Å². The lowest BCUT2D eigenvalue weighted by atomic mass is 9.77. The Balaban J connectivity index is 2.37. The molecule has 1 aromatic heterocycles. The summed E-state index contributed by atoms with van der Waals surface area (Å²) in [6.07, 6.45) is -3.08. The van der Waals surface area contributed by atoms with Gasteiger partial charge in [0.2, 0.25) is 5.91 Å². The second-order valence-corrected chi connectivity index (χ2v) is 7.16. The number of carbonyl (C=O) groups excluding carboxylic acids is 1. The highest BCUT2D eigenvalue weighted by Gasteiger charge is 2.52. The van der Waals surface area contributed by atoms with Crippen molar-refractivity contribution in [2.24, 2.45) is 0 Å². The Kier molecular flexibility index (Phi) is 5.53. The molecule has 5 nitrogen and oxygen atoms in total. The lowest BCUT2D eigenvalue weighted by molar-refractivity contribution is -0.141. The fourth-order valence-electron chi connectivity index (χ4n) is 2.30. The van der Waals surface area contributed by atoms with E-state index in [-0.39, 0.29) is 18.1 Å². The SMILES string of the molecule is CC(=O)NCC(=Cc1cccc(C(F)(F)F)n1)B1OC(C)(C)C(C)(C)O1. The number of alkyl halides is 3. The highest BCUT2D eigenvalue weighted by molar-refractivity contribution is 6.56. The van der Waals surface area contributed by atoms with E-state index in [0.29, 0.717) is 5.47 Å². The van der Waals surface area contributed by atoms with Gasteiger partial charge in [0, 0.05) is 13.5 Å². The molecule has 0 bridgehead atoms. The minimum atomic E-state index is -4.54. The van der Waals surface area contributed by atoms with E-state index in [1.165, 1.54) is 25.1 Å². The quantitative estimate of drug-likeness (QED) is 0.827. The Labute approximate surface area is 151 Å². The molecule has 2 heterocycles. The maximum absolute atomic E-state index is 12.9. The van der Waals surface area contributed by atoms with E-state index in [1.54, 1.807) is 0 Å². The predicted octanol–water partition coefficient (Wildman–Crippen LogP) is 3.25. The number of halogens is 3. The zero-order valence-corrected chi connectivity index (χ0v) is 15.4. The van der Waals surface area contributed by atoms with Crippen LogP contribution in [0.25, 0.3) is 6.08 Å². The molecule has 0 saturated carbocycles. The van der Waals surface area contributed by atoms with E-state index in [2.05, 4.69) is 10.3 Å². The summed E-state index contributed by atoms with van der Waals surface area (Å²) in [5.74, 6) is -0.274. The van der Waals surface area contributed by atoms with Crippen molar-refractivity contribution in [2.75, 3.05) is 6.54 Å². The molecule has 0 spiro atoms. The number of hydrogen-bond acceptors (Lipinski definition) is 4. The monoisotopic (exact) mass is 370 g/mol. The molecule has 1 aliphatic rings. The van der Waals surface area contributed by atoms with Crippen LogP contribution in [0.4, 0.5) is 13.2 Å². The van der Waals surface area contributed by atoms with Gasteiger partial charge in [-0.15, -0.1) is 0 Å². The molecule has 0 radical (unpaired) electrons. The second-order valence-electron chi connectivity index (χ2n) is 7.16. The van der Waals surface area contributed by atoms with Crippen LogP contribution in [0.1, 0.15) is 46.0 Å². The van der Waals surface area contributed by atoms with Gasteiger partial charge in [0.05, 0.1) is 16.9 Å². The van der Waals surface area contributed by atoms with Gasteiger partial charge in [0.1, 0.15) is 5.69 Å². The van der Waals surface area contributed by atoms with Crippen molar-refractivity contribution in [3.8, 4) is 0 Å². The smallest absolute Gasteiger partial charge is 0.400 e. The largest absolute Gasteiger partial charge is 0.492 e. The third kappa shape index (κ3) is 4.65. The molecule has 1 N–H and O–H groups in total. The van der Waals surface area contributed by atoms with Crippen LogP contribution < -0.4 is 5.32 Å². The maximum Gasteiger partial charge on any atom is 0.492 e. The van der Waals surface area contributed by atoms with E-state index in [1.807, 2.05) is 27.7 Å². The van der Waals surface area contributed by atoms with Crippen LogP contribution in [0.5, 0.6) is 0 Å². The van der Waals surface area contributed by atoms with Crippen molar-refractivity contribution >= 4 is 19.1 Å². The normalized spacial score (nSPS) is 19.5. The number of rotatable bonds is 4. The fourth-order valence-corrected chi connectivity index (χ4v) is 2.30. The van der Waals surface area contributed by atoms with Crippen molar-refractivity contribution in [3.05, 3.63) is 35.1 Å². The van der Waals surface area contributed by atoms with Gasteiger partial charge in [-0.1, -0.05) is 6.07 Å². The van der Waals surface area contributed by atoms with Gasteiger partial charge >= 0.3 is 13.3 Å². The molecule has 1 aliphatic heterocycles. The standard InChI is InChI=1S/C17H22BF3N2O3/c1-11(24)22-10-12(18-25-15(2,3)16(4,5)26-18)9-13-7-6-8-14(23-13)17(19,20)21/h6-9H,10H2,1-5H3,(H,22,24). The molecule has 142 valence electrons. The predicted molar refractivity (Wildman–Crippen MR) is 92.0 cm³/mol. The number of nitrogens with one attached hydrogen (secondary N) is 1. The van der Waals surface area contributed by atoms with Gasteiger partial charge in [0.15, 0.2) is 0 Å². The third-order valence-electron chi connectivity index (χ3n) is 4.49. The first-order valence-corrected chi connectivity index (χ1v) is 8.17. The summed E-state index contributed by atoms with van der Waals surface area (Å²) in [5.41, 5.74) is -1.64. The van der Waals surface area contributed by atoms with Gasteiger partial charge in [-0.3, -0.25) is 4.79 Å². The summed E-state index contributed by atoms with van der Waals surface area (Å²) < 4.78 is 50.5. The van der Waals surface area contributed by atoms with Crippen LogP contribution in [0.2, 0.25) is 0 Å². The number of hydrogen-bond donors (Lipinski definition) is 1. The zero-order chi connectivity index (χ0) is 19.8. The first-order chi connectivity index (χ1) is 11.8. The van der Waals surface area contributed by atoms with Crippen LogP contribution in [0.3, 0.4) is 0 Å². The van der Waals surface area contributed by atoms with Gasteiger partial charge in [-0.2, -0.15) is 13.2 Å². The summed E-state index contributed by atoms with van der Waals surface area (Å²) in [5, 5.41) is 2.63. The van der Waals surface area contributed by atoms with Gasteiger partial charge in [-0.05, 0) is 51.4 Å². The Morgan fingerprint density at radius 1 is 1.23 bits per heavy atom. The highest BCUT2D eigenvalue weighted by atomic mass is 19.4. The van der Waals surface area contributed by atoms with Crippen molar-refractivity contribution in [1.82, 2.24) is 10.3 Å². The first-order valence-electron chi connectivity index (χ1n) is 8.17. The number of amides is 1. The Morgan fingerprint density at radius 3 is 2.31 bits per heavy atom. The summed E-state index contributed by atoms with van der Waals surface area (Å²) in [4.78, 5) is 14.9. The third-order valence-corrected chi connectivity index (χ3v) is 4.49. The van der Waals surface area contributed by atoms with Crippen molar-refractivity contribution in [3.63, 3.8) is 0 Å². The van der Waals surface area contributed by atoms with Crippen LogP contribution in [-0.4, -0.2) is 35.8 Å².